The summed E-state index contributed by atoms with van der Waals surface area (Å²) in [7, 11) is -3.82. The summed E-state index contributed by atoms with van der Waals surface area (Å²) < 4.78 is 26.7. The summed E-state index contributed by atoms with van der Waals surface area (Å²) in [6.07, 6.45) is 1.37. The number of benzene rings is 2. The summed E-state index contributed by atoms with van der Waals surface area (Å²) in [5, 5.41) is 3.55. The summed E-state index contributed by atoms with van der Waals surface area (Å²) in [5.41, 5.74) is 2.36. The summed E-state index contributed by atoms with van der Waals surface area (Å²) in [4.78, 5) is 28.2. The minimum atomic E-state index is -3.82. The Morgan fingerprint density at radius 3 is 1.97 bits per heavy atom. The Balaban J connectivity index is 2.56. The molecule has 0 radical (unpaired) electrons. The Labute approximate surface area is 218 Å². The Morgan fingerprint density at radius 1 is 1.00 bits per heavy atom. The molecule has 0 unspecified atom stereocenters. The number of para-hydroxylation sites is 1. The van der Waals surface area contributed by atoms with E-state index in [1.807, 2.05) is 19.9 Å². The van der Waals surface area contributed by atoms with Crippen molar-refractivity contribution in [1.29, 1.82) is 0 Å². The third kappa shape index (κ3) is 7.35. The van der Waals surface area contributed by atoms with Crippen molar-refractivity contribution in [2.75, 3.05) is 17.1 Å². The zero-order valence-corrected chi connectivity index (χ0v) is 23.3. The summed E-state index contributed by atoms with van der Waals surface area (Å²) in [6, 6.07) is 9.41. The number of carbonyl (C=O) groups excluding carboxylic acids is 2. The molecule has 0 saturated carbocycles. The Morgan fingerprint density at radius 2 is 1.51 bits per heavy atom. The number of anilines is 1. The van der Waals surface area contributed by atoms with E-state index in [1.54, 1.807) is 51.1 Å². The summed E-state index contributed by atoms with van der Waals surface area (Å²) in [6.45, 7) is 8.50. The lowest BCUT2D eigenvalue weighted by Gasteiger charge is -2.34. The lowest BCUT2D eigenvalue weighted by molar-refractivity contribution is -0.140. The van der Waals surface area contributed by atoms with Gasteiger partial charge in [-0.3, -0.25) is 13.9 Å². The Hall–Kier alpha value is -2.29. The third-order valence-electron chi connectivity index (χ3n) is 5.58. The van der Waals surface area contributed by atoms with E-state index in [2.05, 4.69) is 5.32 Å². The van der Waals surface area contributed by atoms with Gasteiger partial charge in [-0.15, -0.1) is 0 Å². The Bertz CT molecular complexity index is 1140. The van der Waals surface area contributed by atoms with Crippen LogP contribution in [0.4, 0.5) is 5.69 Å². The molecule has 2 amide bonds. The van der Waals surface area contributed by atoms with E-state index < -0.39 is 28.5 Å². The van der Waals surface area contributed by atoms with E-state index in [1.165, 1.54) is 4.90 Å². The molecule has 35 heavy (non-hydrogen) atoms. The quantitative estimate of drug-likeness (QED) is 0.471. The minimum Gasteiger partial charge on any atom is -0.352 e. The monoisotopic (exact) mass is 541 g/mol. The lowest BCUT2D eigenvalue weighted by atomic mass is 10.1. The zero-order chi connectivity index (χ0) is 26.5. The normalized spacial score (nSPS) is 12.4. The van der Waals surface area contributed by atoms with Crippen LogP contribution in [0.15, 0.2) is 36.4 Å². The molecule has 0 spiro atoms. The van der Waals surface area contributed by atoms with Crippen LogP contribution in [0.5, 0.6) is 0 Å². The number of hydrogen-bond donors (Lipinski definition) is 1. The van der Waals surface area contributed by atoms with Crippen molar-refractivity contribution in [3.63, 3.8) is 0 Å². The van der Waals surface area contributed by atoms with E-state index in [-0.39, 0.29) is 18.5 Å². The highest BCUT2D eigenvalue weighted by Crippen LogP contribution is 2.29. The van der Waals surface area contributed by atoms with Crippen molar-refractivity contribution in [3.05, 3.63) is 63.1 Å². The van der Waals surface area contributed by atoms with Gasteiger partial charge in [0.15, 0.2) is 0 Å². The molecule has 192 valence electrons. The number of carbonyl (C=O) groups is 2. The van der Waals surface area contributed by atoms with Crippen LogP contribution in [-0.2, 0) is 26.2 Å². The summed E-state index contributed by atoms with van der Waals surface area (Å²) in [5.74, 6) is -0.878. The molecule has 0 heterocycles. The molecular weight excluding hydrogens is 509 g/mol. The van der Waals surface area contributed by atoms with Gasteiger partial charge in [0, 0.05) is 28.2 Å². The molecule has 0 aromatic heterocycles. The van der Waals surface area contributed by atoms with Crippen molar-refractivity contribution in [2.45, 2.75) is 59.7 Å². The first-order chi connectivity index (χ1) is 16.3. The average molecular weight is 543 g/mol. The number of sulfonamides is 1. The molecule has 10 heteroatoms. The van der Waals surface area contributed by atoms with Crippen LogP contribution in [0, 0.1) is 13.8 Å². The predicted molar refractivity (Wildman–Crippen MR) is 142 cm³/mol. The number of nitrogens with zero attached hydrogens (tertiary/aromatic N) is 2. The molecule has 0 aliphatic rings. The van der Waals surface area contributed by atoms with E-state index in [0.29, 0.717) is 38.8 Å². The summed E-state index contributed by atoms with van der Waals surface area (Å²) >= 11 is 12.8. The van der Waals surface area contributed by atoms with Gasteiger partial charge in [0.05, 0.1) is 11.9 Å². The first-order valence-electron chi connectivity index (χ1n) is 11.3. The second-order valence-electron chi connectivity index (χ2n) is 8.82. The molecule has 2 aromatic carbocycles. The number of nitrogens with one attached hydrogen (secondary N) is 1. The predicted octanol–water partition coefficient (Wildman–Crippen LogP) is 4.71. The molecule has 1 N–H and O–H groups in total. The number of halogens is 2. The molecular formula is C25H33Cl2N3O4S. The minimum absolute atomic E-state index is 0.0499. The van der Waals surface area contributed by atoms with Gasteiger partial charge in [-0.2, -0.15) is 0 Å². The van der Waals surface area contributed by atoms with Crippen molar-refractivity contribution in [2.24, 2.45) is 0 Å². The largest absolute Gasteiger partial charge is 0.352 e. The van der Waals surface area contributed by atoms with Crippen LogP contribution >= 0.6 is 23.2 Å². The second kappa shape index (κ2) is 12.1. The highest BCUT2D eigenvalue weighted by Gasteiger charge is 2.33. The molecule has 0 aliphatic heterocycles. The second-order valence-corrected chi connectivity index (χ2v) is 11.5. The van der Waals surface area contributed by atoms with Crippen molar-refractivity contribution < 1.29 is 18.0 Å². The van der Waals surface area contributed by atoms with Gasteiger partial charge in [-0.1, -0.05) is 54.4 Å². The SMILES string of the molecule is CC[C@@H](C(=O)NC(C)C)N(Cc1c(Cl)cccc1Cl)C(=O)CN(c1c(C)cccc1C)S(C)(=O)=O. The van der Waals surface area contributed by atoms with Gasteiger partial charge in [-0.25, -0.2) is 8.42 Å². The average Bonchev–Trinajstić information content (AvgIpc) is 2.73. The maximum Gasteiger partial charge on any atom is 0.244 e. The van der Waals surface area contributed by atoms with Gasteiger partial charge in [0.1, 0.15) is 12.6 Å². The van der Waals surface area contributed by atoms with Crippen molar-refractivity contribution in [3.8, 4) is 0 Å². The van der Waals surface area contributed by atoms with E-state index in [9.17, 15) is 18.0 Å². The molecule has 1 atom stereocenters. The zero-order valence-electron chi connectivity index (χ0n) is 20.9. The lowest BCUT2D eigenvalue weighted by Crippen LogP contribution is -2.53. The van der Waals surface area contributed by atoms with Crippen LogP contribution in [-0.4, -0.2) is 50.0 Å². The van der Waals surface area contributed by atoms with Crippen LogP contribution in [0.2, 0.25) is 10.0 Å². The number of rotatable bonds is 10. The molecule has 0 saturated heterocycles. The third-order valence-corrected chi connectivity index (χ3v) is 7.40. The molecule has 0 bridgehead atoms. The van der Waals surface area contributed by atoms with E-state index in [4.69, 9.17) is 23.2 Å². The maximum absolute atomic E-state index is 13.8. The first kappa shape index (κ1) is 28.9. The van der Waals surface area contributed by atoms with Crippen LogP contribution in [0.3, 0.4) is 0 Å². The molecule has 0 fully saturated rings. The highest BCUT2D eigenvalue weighted by atomic mass is 35.5. The number of aryl methyl sites for hydroxylation is 2. The number of amides is 2. The van der Waals surface area contributed by atoms with Gasteiger partial charge in [0.2, 0.25) is 21.8 Å². The highest BCUT2D eigenvalue weighted by molar-refractivity contribution is 7.92. The fraction of sp³-hybridized carbons (Fsp3) is 0.440. The first-order valence-corrected chi connectivity index (χ1v) is 13.9. The van der Waals surface area contributed by atoms with Gasteiger partial charge in [0.25, 0.3) is 0 Å². The fourth-order valence-corrected chi connectivity index (χ4v) is 5.41. The van der Waals surface area contributed by atoms with Crippen LogP contribution in [0.25, 0.3) is 0 Å². The topological polar surface area (TPSA) is 86.8 Å². The van der Waals surface area contributed by atoms with E-state index >= 15 is 0 Å². The van der Waals surface area contributed by atoms with Crippen LogP contribution < -0.4 is 9.62 Å². The molecule has 0 aliphatic carbocycles. The number of hydrogen-bond acceptors (Lipinski definition) is 4. The van der Waals surface area contributed by atoms with E-state index in [0.717, 1.165) is 10.6 Å². The van der Waals surface area contributed by atoms with Crippen LogP contribution in [0.1, 0.15) is 43.9 Å². The standard InChI is InChI=1S/C25H33Cl2N3O4S/c1-7-22(25(32)28-16(2)3)29(14-19-20(26)12-9-13-21(19)27)23(31)15-30(35(6,33)34)24-17(4)10-8-11-18(24)5/h8-13,16,22H,7,14-15H2,1-6H3,(H,28,32)/t22-/m0/s1. The van der Waals surface area contributed by atoms with Gasteiger partial charge >= 0.3 is 0 Å². The van der Waals surface area contributed by atoms with Gasteiger partial charge < -0.3 is 10.2 Å². The fourth-order valence-electron chi connectivity index (χ4n) is 3.93. The smallest absolute Gasteiger partial charge is 0.244 e. The van der Waals surface area contributed by atoms with Crippen molar-refractivity contribution in [1.82, 2.24) is 10.2 Å². The van der Waals surface area contributed by atoms with Gasteiger partial charge in [-0.05, 0) is 57.4 Å². The van der Waals surface area contributed by atoms with Crippen molar-refractivity contribution >= 4 is 50.7 Å². The maximum atomic E-state index is 13.8. The molecule has 2 rings (SSSR count). The Kier molecular flexibility index (Phi) is 10.0. The molecule has 7 nitrogen and oxygen atoms in total. The molecule has 2 aromatic rings.